The zero-order valence-electron chi connectivity index (χ0n) is 16.3. The third-order valence-electron chi connectivity index (χ3n) is 4.51. The lowest BCUT2D eigenvalue weighted by molar-refractivity contribution is 0.744. The molecule has 2 rings (SSSR count). The molecule has 2 nitrogen and oxygen atoms in total. The van der Waals surface area contributed by atoms with Crippen molar-refractivity contribution in [3.8, 4) is 0 Å². The number of benzene rings is 2. The normalized spacial score (nSPS) is 12.1. The van der Waals surface area contributed by atoms with Gasteiger partial charge in [0, 0.05) is 6.21 Å². The summed E-state index contributed by atoms with van der Waals surface area (Å²) < 4.78 is 0. The molecule has 0 atom stereocenters. The molecule has 132 valence electrons. The van der Waals surface area contributed by atoms with E-state index in [1.165, 1.54) is 35.1 Å². The van der Waals surface area contributed by atoms with E-state index in [9.17, 15) is 0 Å². The largest absolute Gasteiger partial charge is 0.254 e. The van der Waals surface area contributed by atoms with E-state index in [4.69, 9.17) is 9.98 Å². The smallest absolute Gasteiger partial charge is 0.0691 e. The fourth-order valence-corrected chi connectivity index (χ4v) is 2.98. The Labute approximate surface area is 152 Å². The highest BCUT2D eigenvalue weighted by Crippen LogP contribution is 2.25. The summed E-state index contributed by atoms with van der Waals surface area (Å²) in [6.45, 7) is 10.7. The highest BCUT2D eigenvalue weighted by Gasteiger charge is 2.04. The van der Waals surface area contributed by atoms with Crippen LogP contribution in [0.25, 0.3) is 0 Å². The van der Waals surface area contributed by atoms with Crippen LogP contribution >= 0.6 is 0 Å². The van der Waals surface area contributed by atoms with Crippen LogP contribution in [0.3, 0.4) is 0 Å². The maximum absolute atomic E-state index is 4.97. The molecular weight excluding hydrogens is 304 g/mol. The van der Waals surface area contributed by atoms with Crippen molar-refractivity contribution >= 4 is 23.3 Å². The van der Waals surface area contributed by atoms with Gasteiger partial charge in [-0.3, -0.25) is 9.98 Å². The molecule has 2 aromatic rings. The second-order valence-electron chi connectivity index (χ2n) is 6.80. The van der Waals surface area contributed by atoms with Crippen molar-refractivity contribution in [1.29, 1.82) is 0 Å². The number of hydrogen-bond donors (Lipinski definition) is 0. The van der Waals surface area contributed by atoms with E-state index in [1.54, 1.807) is 0 Å². The summed E-state index contributed by atoms with van der Waals surface area (Å²) in [5.74, 6) is 0. The van der Waals surface area contributed by atoms with E-state index in [0.29, 0.717) is 0 Å². The van der Waals surface area contributed by atoms with E-state index in [-0.39, 0.29) is 0 Å². The van der Waals surface area contributed by atoms with Crippen molar-refractivity contribution in [2.45, 2.75) is 60.3 Å². The van der Waals surface area contributed by atoms with Crippen LogP contribution in [0.4, 0.5) is 11.4 Å². The van der Waals surface area contributed by atoms with Gasteiger partial charge in [0.25, 0.3) is 0 Å². The van der Waals surface area contributed by atoms with Gasteiger partial charge in [0.15, 0.2) is 0 Å². The van der Waals surface area contributed by atoms with Gasteiger partial charge in [-0.15, -0.1) is 0 Å². The zero-order valence-corrected chi connectivity index (χ0v) is 16.3. The minimum absolute atomic E-state index is 0.968. The Balaban J connectivity index is 2.36. The van der Waals surface area contributed by atoms with Crippen molar-refractivity contribution in [3.05, 3.63) is 58.7 Å². The first-order chi connectivity index (χ1) is 12.0. The predicted molar refractivity (Wildman–Crippen MR) is 111 cm³/mol. The monoisotopic (exact) mass is 334 g/mol. The van der Waals surface area contributed by atoms with E-state index >= 15 is 0 Å². The lowest BCUT2D eigenvalue weighted by Gasteiger charge is -2.08. The van der Waals surface area contributed by atoms with Crippen molar-refractivity contribution in [2.24, 2.45) is 9.98 Å². The summed E-state index contributed by atoms with van der Waals surface area (Å²) in [5, 5.41) is 0. The van der Waals surface area contributed by atoms with Crippen LogP contribution in [0.1, 0.15) is 54.9 Å². The van der Waals surface area contributed by atoms with Gasteiger partial charge < -0.3 is 0 Å². The fraction of sp³-hybridized carbons (Fsp3) is 0.391. The first-order valence-corrected chi connectivity index (χ1v) is 9.27. The molecule has 0 N–H and O–H groups in total. The topological polar surface area (TPSA) is 24.7 Å². The minimum Gasteiger partial charge on any atom is -0.254 e. The number of nitrogens with zero attached hydrogens (tertiary/aromatic N) is 2. The fourth-order valence-electron chi connectivity index (χ4n) is 2.98. The molecule has 25 heavy (non-hydrogen) atoms. The van der Waals surface area contributed by atoms with E-state index in [2.05, 4.69) is 71.0 Å². The summed E-state index contributed by atoms with van der Waals surface area (Å²) in [7, 11) is 0. The Morgan fingerprint density at radius 1 is 0.800 bits per heavy atom. The first kappa shape index (κ1) is 19.1. The molecule has 0 heterocycles. The van der Waals surface area contributed by atoms with E-state index < -0.39 is 0 Å². The van der Waals surface area contributed by atoms with Crippen LogP contribution in [-0.2, 0) is 0 Å². The van der Waals surface area contributed by atoms with Crippen LogP contribution in [0.15, 0.2) is 46.4 Å². The summed E-state index contributed by atoms with van der Waals surface area (Å²) in [4.78, 5) is 9.76. The molecule has 0 radical (unpaired) electrons. The molecule has 2 heteroatoms. The van der Waals surface area contributed by atoms with Crippen LogP contribution in [0.5, 0.6) is 0 Å². The predicted octanol–water partition coefficient (Wildman–Crippen LogP) is 6.98. The SMILES string of the molecule is CCCCCC(C=Nc1c(C)cccc1C)=Nc1c(C)cccc1C. The first-order valence-electron chi connectivity index (χ1n) is 9.27. The van der Waals surface area contributed by atoms with Gasteiger partial charge in [-0.2, -0.15) is 0 Å². The highest BCUT2D eigenvalue weighted by atomic mass is 14.8. The zero-order chi connectivity index (χ0) is 18.2. The average molecular weight is 335 g/mol. The van der Waals surface area contributed by atoms with Crippen molar-refractivity contribution in [3.63, 3.8) is 0 Å². The van der Waals surface area contributed by atoms with E-state index in [1.807, 2.05) is 6.21 Å². The maximum Gasteiger partial charge on any atom is 0.0691 e. The lowest BCUT2D eigenvalue weighted by Crippen LogP contribution is -2.01. The summed E-state index contributed by atoms with van der Waals surface area (Å²) in [6.07, 6.45) is 6.53. The minimum atomic E-state index is 0.968. The molecule has 0 aliphatic heterocycles. The molecule has 0 fully saturated rings. The second kappa shape index (κ2) is 9.31. The van der Waals surface area contributed by atoms with Gasteiger partial charge in [0.05, 0.1) is 17.1 Å². The molecule has 0 unspecified atom stereocenters. The third-order valence-corrected chi connectivity index (χ3v) is 4.51. The number of unbranched alkanes of at least 4 members (excludes halogenated alkanes) is 2. The summed E-state index contributed by atoms with van der Waals surface area (Å²) in [6, 6.07) is 12.6. The van der Waals surface area contributed by atoms with Gasteiger partial charge in [0.2, 0.25) is 0 Å². The molecule has 0 saturated heterocycles. The molecule has 0 aliphatic carbocycles. The molecule has 0 saturated carbocycles. The Morgan fingerprint density at radius 3 is 1.84 bits per heavy atom. The lowest BCUT2D eigenvalue weighted by atomic mass is 10.1. The maximum atomic E-state index is 4.97. The number of aliphatic imine (C=N–C) groups is 2. The Kier molecular flexibility index (Phi) is 7.12. The number of rotatable bonds is 7. The summed E-state index contributed by atoms with van der Waals surface area (Å²) in [5.41, 5.74) is 8.05. The molecule has 0 bridgehead atoms. The summed E-state index contributed by atoms with van der Waals surface area (Å²) >= 11 is 0. The molecule has 0 aliphatic rings. The van der Waals surface area contributed by atoms with Crippen molar-refractivity contribution in [1.82, 2.24) is 0 Å². The molecular formula is C23H30N2. The van der Waals surface area contributed by atoms with Crippen molar-refractivity contribution in [2.75, 3.05) is 0 Å². The third kappa shape index (κ3) is 5.38. The average Bonchev–Trinajstić information content (AvgIpc) is 2.57. The highest BCUT2D eigenvalue weighted by molar-refractivity contribution is 6.31. The van der Waals surface area contributed by atoms with Gasteiger partial charge >= 0.3 is 0 Å². The van der Waals surface area contributed by atoms with Crippen LogP contribution < -0.4 is 0 Å². The van der Waals surface area contributed by atoms with Crippen LogP contribution in [0.2, 0.25) is 0 Å². The Morgan fingerprint density at radius 2 is 1.32 bits per heavy atom. The quantitative estimate of drug-likeness (QED) is 0.385. The van der Waals surface area contributed by atoms with Gasteiger partial charge in [-0.25, -0.2) is 0 Å². The molecule has 0 aromatic heterocycles. The van der Waals surface area contributed by atoms with Crippen molar-refractivity contribution < 1.29 is 0 Å². The Bertz CT molecular complexity index is 729. The number of hydrogen-bond acceptors (Lipinski definition) is 2. The van der Waals surface area contributed by atoms with Gasteiger partial charge in [-0.05, 0) is 62.8 Å². The standard InChI is InChI=1S/C23H30N2/c1-6-7-8-15-21(25-23-19(4)13-10-14-20(23)5)16-24-22-17(2)11-9-12-18(22)3/h9-14,16H,6-8,15H2,1-5H3. The van der Waals surface area contributed by atoms with Crippen LogP contribution in [-0.4, -0.2) is 11.9 Å². The van der Waals surface area contributed by atoms with Gasteiger partial charge in [-0.1, -0.05) is 56.2 Å². The second-order valence-corrected chi connectivity index (χ2v) is 6.80. The molecule has 2 aromatic carbocycles. The van der Waals surface area contributed by atoms with Crippen LogP contribution in [0, 0.1) is 27.7 Å². The number of aryl methyl sites for hydroxylation is 4. The van der Waals surface area contributed by atoms with E-state index in [0.717, 1.165) is 29.9 Å². The molecule has 0 amide bonds. The molecule has 0 spiro atoms. The Hall–Kier alpha value is -2.22. The van der Waals surface area contributed by atoms with Gasteiger partial charge in [0.1, 0.15) is 0 Å². The number of para-hydroxylation sites is 2.